The zero-order valence-electron chi connectivity index (χ0n) is 13.6. The van der Waals surface area contributed by atoms with Gasteiger partial charge in [-0.3, -0.25) is 4.79 Å². The van der Waals surface area contributed by atoms with Crippen LogP contribution in [-0.2, 0) is 11.3 Å². The summed E-state index contributed by atoms with van der Waals surface area (Å²) in [4.78, 5) is 12.4. The second-order valence-electron chi connectivity index (χ2n) is 5.70. The van der Waals surface area contributed by atoms with Crippen LogP contribution in [0.1, 0.15) is 11.1 Å². The number of hydrogen-bond donors (Lipinski definition) is 1. The number of carbonyl (C=O) groups excluding carboxylic acids is 1. The highest BCUT2D eigenvalue weighted by Crippen LogP contribution is 2.24. The second-order valence-corrected chi connectivity index (χ2v) is 7.21. The largest absolute Gasteiger partial charge is 0.324 e. The summed E-state index contributed by atoms with van der Waals surface area (Å²) in [5.41, 5.74) is 5.12. The summed E-state index contributed by atoms with van der Waals surface area (Å²) in [5, 5.41) is 4.97. The van der Waals surface area contributed by atoms with Crippen LogP contribution in [0.2, 0.25) is 0 Å². The summed E-state index contributed by atoms with van der Waals surface area (Å²) in [5.74, 6) is -0.0767. The maximum Gasteiger partial charge on any atom is 0.244 e. The van der Waals surface area contributed by atoms with Crippen molar-refractivity contribution < 1.29 is 4.79 Å². The number of aryl methyl sites for hydroxylation is 2. The number of nitrogens with zero attached hydrogens (tertiary/aromatic N) is 1. The Morgan fingerprint density at radius 1 is 1.12 bits per heavy atom. The van der Waals surface area contributed by atoms with Crippen LogP contribution in [0.4, 0.5) is 5.69 Å². The molecule has 24 heavy (non-hydrogen) atoms. The molecule has 0 aliphatic carbocycles. The van der Waals surface area contributed by atoms with Crippen molar-refractivity contribution in [3.05, 3.63) is 69.0 Å². The molecule has 5 heteroatoms. The van der Waals surface area contributed by atoms with Crippen molar-refractivity contribution in [1.29, 1.82) is 0 Å². The van der Waals surface area contributed by atoms with Crippen LogP contribution in [0.15, 0.2) is 53.9 Å². The molecule has 0 unspecified atom stereocenters. The Bertz CT molecular complexity index is 923. The highest BCUT2D eigenvalue weighted by Gasteiger charge is 2.11. The fourth-order valence-electron chi connectivity index (χ4n) is 2.48. The van der Waals surface area contributed by atoms with Gasteiger partial charge in [-0.05, 0) is 43.3 Å². The molecule has 0 saturated heterocycles. The molecule has 3 nitrogen and oxygen atoms in total. The molecule has 3 aromatic rings. The molecule has 1 aromatic heterocycles. The molecule has 1 N–H and O–H groups in total. The molecule has 0 aliphatic heterocycles. The number of rotatable bonds is 4. The van der Waals surface area contributed by atoms with Crippen molar-refractivity contribution in [3.63, 3.8) is 0 Å². The van der Waals surface area contributed by atoms with E-state index in [9.17, 15) is 4.79 Å². The minimum Gasteiger partial charge on any atom is -0.324 e. The molecule has 3 rings (SSSR count). The summed E-state index contributed by atoms with van der Waals surface area (Å²) in [7, 11) is 0. The molecule has 122 valence electrons. The zero-order valence-corrected chi connectivity index (χ0v) is 15.2. The molecule has 0 aliphatic rings. The van der Waals surface area contributed by atoms with E-state index in [0.717, 1.165) is 22.5 Å². The SMILES string of the molecule is Cc1ccc(-c2csc(=S)n2CC(=O)Nc2ccccc2C)cc1. The Hall–Kier alpha value is -2.24. The van der Waals surface area contributed by atoms with Crippen LogP contribution in [0.25, 0.3) is 11.3 Å². The third kappa shape index (κ3) is 3.63. The van der Waals surface area contributed by atoms with Gasteiger partial charge >= 0.3 is 0 Å². The van der Waals surface area contributed by atoms with E-state index in [1.54, 1.807) is 0 Å². The van der Waals surface area contributed by atoms with Gasteiger partial charge in [-0.25, -0.2) is 0 Å². The van der Waals surface area contributed by atoms with Crippen molar-refractivity contribution >= 4 is 35.1 Å². The van der Waals surface area contributed by atoms with Crippen molar-refractivity contribution in [3.8, 4) is 11.3 Å². The first-order valence-electron chi connectivity index (χ1n) is 7.65. The van der Waals surface area contributed by atoms with Crippen LogP contribution in [0.5, 0.6) is 0 Å². The van der Waals surface area contributed by atoms with Crippen molar-refractivity contribution in [1.82, 2.24) is 4.57 Å². The lowest BCUT2D eigenvalue weighted by Crippen LogP contribution is -2.19. The quantitative estimate of drug-likeness (QED) is 0.653. The summed E-state index contributed by atoms with van der Waals surface area (Å²) >= 11 is 6.89. The predicted octanol–water partition coefficient (Wildman–Crippen LogP) is 5.20. The van der Waals surface area contributed by atoms with Gasteiger partial charge in [-0.1, -0.05) is 48.0 Å². The van der Waals surface area contributed by atoms with Gasteiger partial charge in [0.2, 0.25) is 5.91 Å². The van der Waals surface area contributed by atoms with E-state index in [2.05, 4.69) is 36.5 Å². The Morgan fingerprint density at radius 3 is 2.54 bits per heavy atom. The van der Waals surface area contributed by atoms with Gasteiger partial charge in [0.1, 0.15) is 6.54 Å². The summed E-state index contributed by atoms with van der Waals surface area (Å²) in [6.07, 6.45) is 0. The number of hydrogen-bond acceptors (Lipinski definition) is 3. The van der Waals surface area contributed by atoms with Gasteiger partial charge in [0, 0.05) is 11.1 Å². The van der Waals surface area contributed by atoms with Gasteiger partial charge in [0.25, 0.3) is 0 Å². The fraction of sp³-hybridized carbons (Fsp3) is 0.158. The fourth-order valence-corrected chi connectivity index (χ4v) is 3.55. The van der Waals surface area contributed by atoms with Crippen molar-refractivity contribution in [2.45, 2.75) is 20.4 Å². The summed E-state index contributed by atoms with van der Waals surface area (Å²) < 4.78 is 2.59. The first kappa shape index (κ1) is 16.6. The van der Waals surface area contributed by atoms with Crippen LogP contribution >= 0.6 is 23.6 Å². The number of aromatic nitrogens is 1. The van der Waals surface area contributed by atoms with Crippen molar-refractivity contribution in [2.24, 2.45) is 0 Å². The van der Waals surface area contributed by atoms with E-state index in [0.29, 0.717) is 3.95 Å². The molecule has 0 atom stereocenters. The Labute approximate surface area is 150 Å². The molecule has 0 fully saturated rings. The van der Waals surface area contributed by atoms with Crippen LogP contribution in [0.3, 0.4) is 0 Å². The van der Waals surface area contributed by atoms with E-state index in [1.165, 1.54) is 16.9 Å². The number of thiazole rings is 1. The number of carbonyl (C=O) groups is 1. The topological polar surface area (TPSA) is 34.0 Å². The van der Waals surface area contributed by atoms with Gasteiger partial charge in [-0.15, -0.1) is 11.3 Å². The van der Waals surface area contributed by atoms with Crippen LogP contribution < -0.4 is 5.32 Å². The molecule has 1 amide bonds. The minimum atomic E-state index is -0.0767. The predicted molar refractivity (Wildman–Crippen MR) is 103 cm³/mol. The van der Waals surface area contributed by atoms with Gasteiger partial charge in [0.15, 0.2) is 3.95 Å². The molecule has 0 saturated carbocycles. The first-order chi connectivity index (χ1) is 11.5. The molecular weight excluding hydrogens is 336 g/mol. The monoisotopic (exact) mass is 354 g/mol. The Balaban J connectivity index is 1.84. The number of amides is 1. The Kier molecular flexibility index (Phi) is 4.92. The van der Waals surface area contributed by atoms with Crippen LogP contribution in [0, 0.1) is 17.8 Å². The molecule has 0 bridgehead atoms. The number of para-hydroxylation sites is 1. The first-order valence-corrected chi connectivity index (χ1v) is 8.94. The molecule has 2 aromatic carbocycles. The molecule has 0 spiro atoms. The number of nitrogens with one attached hydrogen (secondary N) is 1. The van der Waals surface area contributed by atoms with Gasteiger partial charge < -0.3 is 9.88 Å². The molecular formula is C19H18N2OS2. The smallest absolute Gasteiger partial charge is 0.244 e. The number of benzene rings is 2. The van der Waals surface area contributed by atoms with Gasteiger partial charge in [0.05, 0.1) is 5.69 Å². The zero-order chi connectivity index (χ0) is 17.1. The normalized spacial score (nSPS) is 10.6. The average molecular weight is 355 g/mol. The van der Waals surface area contributed by atoms with E-state index < -0.39 is 0 Å². The third-order valence-electron chi connectivity index (χ3n) is 3.85. The molecule has 1 heterocycles. The van der Waals surface area contributed by atoms with Crippen molar-refractivity contribution in [2.75, 3.05) is 5.32 Å². The maximum atomic E-state index is 12.4. The van der Waals surface area contributed by atoms with E-state index in [4.69, 9.17) is 12.2 Å². The highest BCUT2D eigenvalue weighted by atomic mass is 32.1. The summed E-state index contributed by atoms with van der Waals surface area (Å²) in [6.45, 7) is 4.24. The van der Waals surface area contributed by atoms with Crippen LogP contribution in [-0.4, -0.2) is 10.5 Å². The maximum absolute atomic E-state index is 12.4. The lowest BCUT2D eigenvalue weighted by Gasteiger charge is -2.11. The number of anilines is 1. The minimum absolute atomic E-state index is 0.0767. The van der Waals surface area contributed by atoms with Gasteiger partial charge in [-0.2, -0.15) is 0 Å². The van der Waals surface area contributed by atoms with E-state index in [1.807, 2.05) is 41.1 Å². The lowest BCUT2D eigenvalue weighted by molar-refractivity contribution is -0.116. The average Bonchev–Trinajstić information content (AvgIpc) is 2.91. The standard InChI is InChI=1S/C19H18N2OS2/c1-13-7-9-15(10-8-13)17-12-24-19(23)21(17)11-18(22)20-16-6-4-3-5-14(16)2/h3-10,12H,11H2,1-2H3,(H,20,22). The van der Waals surface area contributed by atoms with E-state index >= 15 is 0 Å². The molecule has 0 radical (unpaired) electrons. The lowest BCUT2D eigenvalue weighted by atomic mass is 10.1. The third-order valence-corrected chi connectivity index (χ3v) is 5.12. The summed E-state index contributed by atoms with van der Waals surface area (Å²) in [6, 6.07) is 16.0. The Morgan fingerprint density at radius 2 is 1.83 bits per heavy atom. The van der Waals surface area contributed by atoms with E-state index in [-0.39, 0.29) is 12.5 Å². The second kappa shape index (κ2) is 7.11. The highest BCUT2D eigenvalue weighted by molar-refractivity contribution is 7.73.